The highest BCUT2D eigenvalue weighted by Gasteiger charge is 2.43. The molecule has 2 rings (SSSR count). The van der Waals surface area contributed by atoms with Crippen LogP contribution in [-0.2, 0) is 0 Å². The van der Waals surface area contributed by atoms with E-state index in [1.54, 1.807) is 4.90 Å². The molecule has 1 atom stereocenters. The SMILES string of the molecule is O=C(N1CCNCC1)N1CCCC(C(F)(F)F)C1. The van der Waals surface area contributed by atoms with Crippen LogP contribution in [0.15, 0.2) is 0 Å². The van der Waals surface area contributed by atoms with E-state index in [4.69, 9.17) is 0 Å². The summed E-state index contributed by atoms with van der Waals surface area (Å²) in [6.07, 6.45) is -3.63. The summed E-state index contributed by atoms with van der Waals surface area (Å²) >= 11 is 0. The lowest BCUT2D eigenvalue weighted by molar-refractivity contribution is -0.184. The molecule has 0 aromatic carbocycles. The van der Waals surface area contributed by atoms with Crippen LogP contribution in [0.3, 0.4) is 0 Å². The number of nitrogens with one attached hydrogen (secondary N) is 1. The predicted molar refractivity (Wildman–Crippen MR) is 60.2 cm³/mol. The minimum atomic E-state index is -4.19. The van der Waals surface area contributed by atoms with Crippen molar-refractivity contribution in [3.63, 3.8) is 0 Å². The normalized spacial score (nSPS) is 26.3. The molecule has 2 saturated heterocycles. The number of hydrogen-bond donors (Lipinski definition) is 1. The molecule has 2 heterocycles. The van der Waals surface area contributed by atoms with Crippen molar-refractivity contribution in [2.75, 3.05) is 39.3 Å². The molecule has 0 aliphatic carbocycles. The number of alkyl halides is 3. The number of rotatable bonds is 0. The molecule has 0 aromatic heterocycles. The maximum atomic E-state index is 12.7. The molecule has 4 nitrogen and oxygen atoms in total. The van der Waals surface area contributed by atoms with Crippen LogP contribution in [0.25, 0.3) is 0 Å². The smallest absolute Gasteiger partial charge is 0.324 e. The van der Waals surface area contributed by atoms with E-state index in [0.29, 0.717) is 39.1 Å². The molecule has 7 heteroatoms. The van der Waals surface area contributed by atoms with Gasteiger partial charge in [-0.3, -0.25) is 0 Å². The van der Waals surface area contributed by atoms with Gasteiger partial charge in [0.2, 0.25) is 0 Å². The fraction of sp³-hybridized carbons (Fsp3) is 0.909. The Morgan fingerprint density at radius 2 is 1.78 bits per heavy atom. The van der Waals surface area contributed by atoms with E-state index in [0.717, 1.165) is 0 Å². The Balaban J connectivity index is 1.93. The third-order valence-corrected chi connectivity index (χ3v) is 3.54. The van der Waals surface area contributed by atoms with Crippen molar-refractivity contribution in [3.05, 3.63) is 0 Å². The van der Waals surface area contributed by atoms with Crippen LogP contribution in [0.4, 0.5) is 18.0 Å². The van der Waals surface area contributed by atoms with Crippen molar-refractivity contribution < 1.29 is 18.0 Å². The molecule has 2 aliphatic rings. The average molecular weight is 265 g/mol. The predicted octanol–water partition coefficient (Wildman–Crippen LogP) is 1.29. The van der Waals surface area contributed by atoms with Crippen LogP contribution < -0.4 is 5.32 Å². The minimum absolute atomic E-state index is 0.134. The fourth-order valence-electron chi connectivity index (χ4n) is 2.47. The van der Waals surface area contributed by atoms with Crippen LogP contribution in [-0.4, -0.2) is 61.3 Å². The molecule has 2 aliphatic heterocycles. The minimum Gasteiger partial charge on any atom is -0.324 e. The van der Waals surface area contributed by atoms with Gasteiger partial charge in [-0.05, 0) is 12.8 Å². The molecule has 1 unspecified atom stereocenters. The Labute approximate surface area is 104 Å². The lowest BCUT2D eigenvalue weighted by Crippen LogP contribution is -2.54. The molecule has 0 aromatic rings. The number of carbonyl (C=O) groups is 1. The van der Waals surface area contributed by atoms with Gasteiger partial charge in [0.25, 0.3) is 0 Å². The van der Waals surface area contributed by atoms with Gasteiger partial charge in [-0.2, -0.15) is 13.2 Å². The second kappa shape index (κ2) is 5.34. The lowest BCUT2D eigenvalue weighted by Gasteiger charge is -2.38. The second-order valence-corrected chi connectivity index (χ2v) is 4.85. The zero-order chi connectivity index (χ0) is 13.2. The number of hydrogen-bond acceptors (Lipinski definition) is 2. The maximum Gasteiger partial charge on any atom is 0.393 e. The molecule has 104 valence electrons. The van der Waals surface area contributed by atoms with E-state index in [-0.39, 0.29) is 19.0 Å². The Hall–Kier alpha value is -0.980. The summed E-state index contributed by atoms with van der Waals surface area (Å²) in [7, 11) is 0. The van der Waals surface area contributed by atoms with Gasteiger partial charge >= 0.3 is 12.2 Å². The lowest BCUT2D eigenvalue weighted by atomic mass is 9.98. The largest absolute Gasteiger partial charge is 0.393 e. The van der Waals surface area contributed by atoms with Crippen LogP contribution in [0.1, 0.15) is 12.8 Å². The summed E-state index contributed by atoms with van der Waals surface area (Å²) in [5.41, 5.74) is 0. The maximum absolute atomic E-state index is 12.7. The Kier molecular flexibility index (Phi) is 3.99. The Morgan fingerprint density at radius 3 is 2.39 bits per heavy atom. The van der Waals surface area contributed by atoms with Crippen molar-refractivity contribution in [2.24, 2.45) is 5.92 Å². The monoisotopic (exact) mass is 265 g/mol. The van der Waals surface area contributed by atoms with Crippen LogP contribution in [0.2, 0.25) is 0 Å². The Bertz CT molecular complexity index is 302. The molecule has 0 spiro atoms. The van der Waals surface area contributed by atoms with Gasteiger partial charge in [-0.15, -0.1) is 0 Å². The average Bonchev–Trinajstić information content (AvgIpc) is 2.38. The molecule has 2 amide bonds. The van der Waals surface area contributed by atoms with E-state index >= 15 is 0 Å². The first kappa shape index (κ1) is 13.5. The molecule has 0 saturated carbocycles. The van der Waals surface area contributed by atoms with Crippen molar-refractivity contribution in [1.29, 1.82) is 0 Å². The van der Waals surface area contributed by atoms with Crippen molar-refractivity contribution in [3.8, 4) is 0 Å². The van der Waals surface area contributed by atoms with Gasteiger partial charge in [0.1, 0.15) is 0 Å². The summed E-state index contributed by atoms with van der Waals surface area (Å²) in [4.78, 5) is 15.1. The third kappa shape index (κ3) is 3.07. The topological polar surface area (TPSA) is 35.6 Å². The molecule has 2 fully saturated rings. The number of carbonyl (C=O) groups excluding carboxylic acids is 1. The summed E-state index contributed by atoms with van der Waals surface area (Å²) in [6, 6.07) is -0.245. The third-order valence-electron chi connectivity index (χ3n) is 3.54. The van der Waals surface area contributed by atoms with Gasteiger partial charge in [-0.25, -0.2) is 4.79 Å². The second-order valence-electron chi connectivity index (χ2n) is 4.85. The summed E-state index contributed by atoms with van der Waals surface area (Å²) in [5.74, 6) is -1.36. The first-order valence-corrected chi connectivity index (χ1v) is 6.30. The van der Waals surface area contributed by atoms with Crippen LogP contribution >= 0.6 is 0 Å². The number of piperazine rings is 1. The number of urea groups is 1. The van der Waals surface area contributed by atoms with E-state index < -0.39 is 12.1 Å². The molecule has 0 radical (unpaired) electrons. The number of piperidine rings is 1. The van der Waals surface area contributed by atoms with Gasteiger partial charge in [0, 0.05) is 39.3 Å². The van der Waals surface area contributed by atoms with Crippen molar-refractivity contribution in [2.45, 2.75) is 19.0 Å². The fourth-order valence-corrected chi connectivity index (χ4v) is 2.47. The molecular formula is C11H18F3N3O. The molecule has 0 bridgehead atoms. The highest BCUT2D eigenvalue weighted by Crippen LogP contribution is 2.33. The summed E-state index contributed by atoms with van der Waals surface area (Å²) in [5, 5.41) is 3.11. The number of likely N-dealkylation sites (tertiary alicyclic amines) is 1. The molecule has 1 N–H and O–H groups in total. The molecule has 18 heavy (non-hydrogen) atoms. The highest BCUT2D eigenvalue weighted by atomic mass is 19.4. The number of halogens is 3. The van der Waals surface area contributed by atoms with Gasteiger partial charge in [0.15, 0.2) is 0 Å². The zero-order valence-corrected chi connectivity index (χ0v) is 10.2. The van der Waals surface area contributed by atoms with Crippen LogP contribution in [0.5, 0.6) is 0 Å². The first-order valence-electron chi connectivity index (χ1n) is 6.30. The van der Waals surface area contributed by atoms with E-state index in [1.165, 1.54) is 4.90 Å². The van der Waals surface area contributed by atoms with Crippen molar-refractivity contribution >= 4 is 6.03 Å². The van der Waals surface area contributed by atoms with E-state index in [2.05, 4.69) is 5.32 Å². The summed E-state index contributed by atoms with van der Waals surface area (Å²) in [6.45, 7) is 2.82. The quantitative estimate of drug-likeness (QED) is 0.716. The van der Waals surface area contributed by atoms with Gasteiger partial charge in [-0.1, -0.05) is 0 Å². The van der Waals surface area contributed by atoms with Crippen molar-refractivity contribution in [1.82, 2.24) is 15.1 Å². The van der Waals surface area contributed by atoms with E-state index in [1.807, 2.05) is 0 Å². The first-order chi connectivity index (χ1) is 8.48. The number of nitrogens with zero attached hydrogens (tertiary/aromatic N) is 2. The van der Waals surface area contributed by atoms with Gasteiger partial charge in [0.05, 0.1) is 5.92 Å². The standard InChI is InChI=1S/C11H18F3N3O/c12-11(13,14)9-2-1-5-17(8-9)10(18)16-6-3-15-4-7-16/h9,15H,1-8H2. The zero-order valence-electron chi connectivity index (χ0n) is 10.2. The highest BCUT2D eigenvalue weighted by molar-refractivity contribution is 5.74. The van der Waals surface area contributed by atoms with E-state index in [9.17, 15) is 18.0 Å². The molecular weight excluding hydrogens is 247 g/mol. The van der Waals surface area contributed by atoms with Crippen LogP contribution in [0, 0.1) is 5.92 Å². The number of amides is 2. The Morgan fingerprint density at radius 1 is 1.11 bits per heavy atom. The van der Waals surface area contributed by atoms with Gasteiger partial charge < -0.3 is 15.1 Å². The summed E-state index contributed by atoms with van der Waals surface area (Å²) < 4.78 is 38.0.